The minimum absolute atomic E-state index is 0.100. The third-order valence-corrected chi connectivity index (χ3v) is 6.81. The van der Waals surface area contributed by atoms with Gasteiger partial charge in [0.25, 0.3) is 10.0 Å². The van der Waals surface area contributed by atoms with Gasteiger partial charge in [-0.05, 0) is 59.3 Å². The van der Waals surface area contributed by atoms with Crippen molar-refractivity contribution in [1.82, 2.24) is 0 Å². The Morgan fingerprint density at radius 1 is 0.806 bits per heavy atom. The van der Waals surface area contributed by atoms with Crippen molar-refractivity contribution in [3.63, 3.8) is 0 Å². The van der Waals surface area contributed by atoms with Gasteiger partial charge < -0.3 is 5.32 Å². The molecule has 0 radical (unpaired) electrons. The largest absolute Gasteiger partial charge is 0.324 e. The molecule has 0 saturated carbocycles. The predicted molar refractivity (Wildman–Crippen MR) is 125 cm³/mol. The molecule has 4 aromatic rings. The molecule has 0 aromatic heterocycles. The number of fused-ring (bicyclic) bond motifs is 1. The van der Waals surface area contributed by atoms with Gasteiger partial charge in [0.2, 0.25) is 5.91 Å². The smallest absolute Gasteiger partial charge is 0.264 e. The van der Waals surface area contributed by atoms with E-state index in [0.717, 1.165) is 15.1 Å². The van der Waals surface area contributed by atoms with Crippen molar-refractivity contribution in [3.8, 4) is 0 Å². The first-order chi connectivity index (χ1) is 14.9. The van der Waals surface area contributed by atoms with Crippen LogP contribution in [0.3, 0.4) is 0 Å². The minimum atomic E-state index is -3.96. The topological polar surface area (TPSA) is 66.5 Å². The monoisotopic (exact) mass is 450 g/mol. The molecular weight excluding hydrogens is 432 g/mol. The number of amides is 1. The Balaban J connectivity index is 1.63. The summed E-state index contributed by atoms with van der Waals surface area (Å²) in [6.45, 7) is -0.383. The van der Waals surface area contributed by atoms with Crippen LogP contribution in [0.15, 0.2) is 102 Å². The fraction of sp³-hybridized carbons (Fsp3) is 0.0417. The Kier molecular flexibility index (Phi) is 5.93. The number of nitrogens with one attached hydrogen (secondary N) is 1. The number of halogens is 1. The van der Waals surface area contributed by atoms with Gasteiger partial charge in [-0.25, -0.2) is 8.42 Å². The predicted octanol–water partition coefficient (Wildman–Crippen LogP) is 5.33. The number of anilines is 2. The van der Waals surface area contributed by atoms with Gasteiger partial charge in [-0.2, -0.15) is 0 Å². The normalized spacial score (nSPS) is 11.3. The average Bonchev–Trinajstić information content (AvgIpc) is 2.78. The maximum absolute atomic E-state index is 13.3. The number of benzene rings is 4. The molecule has 0 saturated heterocycles. The molecule has 0 atom stereocenters. The van der Waals surface area contributed by atoms with Crippen LogP contribution in [-0.4, -0.2) is 20.9 Å². The molecule has 0 heterocycles. The van der Waals surface area contributed by atoms with Crippen molar-refractivity contribution in [1.29, 1.82) is 0 Å². The van der Waals surface area contributed by atoms with Crippen LogP contribution in [0.25, 0.3) is 10.8 Å². The molecule has 0 unspecified atom stereocenters. The van der Waals surface area contributed by atoms with Crippen LogP contribution >= 0.6 is 11.6 Å². The van der Waals surface area contributed by atoms with Gasteiger partial charge in [0, 0.05) is 10.7 Å². The summed E-state index contributed by atoms with van der Waals surface area (Å²) in [5.74, 6) is -0.454. The zero-order valence-corrected chi connectivity index (χ0v) is 18.0. The second-order valence-corrected chi connectivity index (χ2v) is 9.21. The molecule has 0 aliphatic rings. The van der Waals surface area contributed by atoms with Crippen LogP contribution in [0, 0.1) is 0 Å². The quantitative estimate of drug-likeness (QED) is 0.432. The lowest BCUT2D eigenvalue weighted by Crippen LogP contribution is -2.38. The Hall–Kier alpha value is -3.35. The van der Waals surface area contributed by atoms with Crippen molar-refractivity contribution in [3.05, 3.63) is 102 Å². The van der Waals surface area contributed by atoms with E-state index in [-0.39, 0.29) is 11.4 Å². The highest BCUT2D eigenvalue weighted by molar-refractivity contribution is 7.92. The lowest BCUT2D eigenvalue weighted by atomic mass is 10.1. The van der Waals surface area contributed by atoms with Crippen molar-refractivity contribution >= 4 is 49.7 Å². The summed E-state index contributed by atoms with van der Waals surface area (Å²) in [5, 5.41) is 5.30. The number of rotatable bonds is 6. The fourth-order valence-corrected chi connectivity index (χ4v) is 4.81. The Bertz CT molecular complexity index is 1320. The molecule has 31 heavy (non-hydrogen) atoms. The van der Waals surface area contributed by atoms with Crippen LogP contribution in [0.1, 0.15) is 0 Å². The highest BCUT2D eigenvalue weighted by atomic mass is 35.5. The molecule has 5 nitrogen and oxygen atoms in total. The van der Waals surface area contributed by atoms with E-state index in [2.05, 4.69) is 5.32 Å². The number of carbonyl (C=O) groups is 1. The van der Waals surface area contributed by atoms with E-state index < -0.39 is 15.9 Å². The van der Waals surface area contributed by atoms with Gasteiger partial charge >= 0.3 is 0 Å². The molecule has 0 spiro atoms. The molecule has 156 valence electrons. The first-order valence-electron chi connectivity index (χ1n) is 9.55. The van der Waals surface area contributed by atoms with Crippen LogP contribution < -0.4 is 9.62 Å². The number of carbonyl (C=O) groups excluding carboxylic acids is 1. The summed E-state index contributed by atoms with van der Waals surface area (Å²) in [7, 11) is -3.96. The minimum Gasteiger partial charge on any atom is -0.324 e. The molecule has 1 amide bonds. The number of nitrogens with zero attached hydrogens (tertiary/aromatic N) is 1. The third-order valence-electron chi connectivity index (χ3n) is 4.77. The van der Waals surface area contributed by atoms with Gasteiger partial charge in [-0.15, -0.1) is 0 Å². The first kappa shape index (κ1) is 20.9. The standard InChI is InChI=1S/C24H19ClN2O3S/c25-20-11-14-22(15-12-20)27(31(29,30)23-8-2-1-3-9-23)17-24(28)26-21-13-10-18-6-4-5-7-19(18)16-21/h1-16H,17H2,(H,26,28). The highest BCUT2D eigenvalue weighted by Gasteiger charge is 2.27. The van der Waals surface area contributed by atoms with Gasteiger partial charge in [-0.3, -0.25) is 9.10 Å². The van der Waals surface area contributed by atoms with E-state index in [0.29, 0.717) is 16.4 Å². The molecule has 0 aliphatic carbocycles. The second kappa shape index (κ2) is 8.79. The number of sulfonamides is 1. The summed E-state index contributed by atoms with van der Waals surface area (Å²) in [6, 6.07) is 27.7. The van der Waals surface area contributed by atoms with Crippen molar-refractivity contribution in [2.24, 2.45) is 0 Å². The molecule has 0 fully saturated rings. The first-order valence-corrected chi connectivity index (χ1v) is 11.4. The summed E-state index contributed by atoms with van der Waals surface area (Å²) in [6.07, 6.45) is 0. The van der Waals surface area contributed by atoms with Gasteiger partial charge in [0.1, 0.15) is 6.54 Å². The van der Waals surface area contributed by atoms with Crippen LogP contribution in [0.5, 0.6) is 0 Å². The highest BCUT2D eigenvalue weighted by Crippen LogP contribution is 2.25. The van der Waals surface area contributed by atoms with Crippen molar-refractivity contribution < 1.29 is 13.2 Å². The Morgan fingerprint density at radius 2 is 1.45 bits per heavy atom. The SMILES string of the molecule is O=C(CN(c1ccc(Cl)cc1)S(=O)(=O)c1ccccc1)Nc1ccc2ccccc2c1. The van der Waals surface area contributed by atoms with Crippen molar-refractivity contribution in [2.45, 2.75) is 4.90 Å². The maximum Gasteiger partial charge on any atom is 0.264 e. The summed E-state index contributed by atoms with van der Waals surface area (Å²) in [4.78, 5) is 12.9. The molecule has 4 aromatic carbocycles. The molecule has 0 aliphatic heterocycles. The number of hydrogen-bond acceptors (Lipinski definition) is 3. The van der Waals surface area contributed by atoms with E-state index in [4.69, 9.17) is 11.6 Å². The van der Waals surface area contributed by atoms with E-state index in [1.807, 2.05) is 36.4 Å². The Morgan fingerprint density at radius 3 is 2.16 bits per heavy atom. The Labute approximate surface area is 185 Å². The van der Waals surface area contributed by atoms with Gasteiger partial charge in [0.05, 0.1) is 10.6 Å². The molecule has 1 N–H and O–H groups in total. The van der Waals surface area contributed by atoms with Crippen LogP contribution in [0.2, 0.25) is 5.02 Å². The fourth-order valence-electron chi connectivity index (χ4n) is 3.24. The number of hydrogen-bond donors (Lipinski definition) is 1. The molecular formula is C24H19ClN2O3S. The van der Waals surface area contributed by atoms with Gasteiger partial charge in [-0.1, -0.05) is 60.1 Å². The van der Waals surface area contributed by atoms with Crippen molar-refractivity contribution in [2.75, 3.05) is 16.2 Å². The van der Waals surface area contributed by atoms with Gasteiger partial charge in [0.15, 0.2) is 0 Å². The summed E-state index contributed by atoms with van der Waals surface area (Å²) < 4.78 is 27.7. The lowest BCUT2D eigenvalue weighted by molar-refractivity contribution is -0.114. The molecule has 0 bridgehead atoms. The summed E-state index contributed by atoms with van der Waals surface area (Å²) >= 11 is 5.96. The summed E-state index contributed by atoms with van der Waals surface area (Å²) in [5.41, 5.74) is 0.943. The van der Waals surface area contributed by atoms with E-state index in [9.17, 15) is 13.2 Å². The van der Waals surface area contributed by atoms with E-state index in [1.54, 1.807) is 48.5 Å². The molecule has 4 rings (SSSR count). The zero-order valence-electron chi connectivity index (χ0n) is 16.4. The van der Waals surface area contributed by atoms with E-state index >= 15 is 0 Å². The maximum atomic E-state index is 13.3. The molecule has 7 heteroatoms. The third kappa shape index (κ3) is 4.71. The zero-order chi connectivity index (χ0) is 21.8. The average molecular weight is 451 g/mol. The van der Waals surface area contributed by atoms with E-state index in [1.165, 1.54) is 12.1 Å². The van der Waals surface area contributed by atoms with Crippen LogP contribution in [0.4, 0.5) is 11.4 Å². The lowest BCUT2D eigenvalue weighted by Gasteiger charge is -2.24. The van der Waals surface area contributed by atoms with Crippen LogP contribution in [-0.2, 0) is 14.8 Å². The second-order valence-electron chi connectivity index (χ2n) is 6.91.